The summed E-state index contributed by atoms with van der Waals surface area (Å²) in [6.45, 7) is 6.54. The van der Waals surface area contributed by atoms with Crippen LogP contribution in [0, 0.1) is 5.41 Å². The number of morpholine rings is 1. The Hall–Kier alpha value is -4.07. The van der Waals surface area contributed by atoms with E-state index in [4.69, 9.17) is 4.74 Å². The Balaban J connectivity index is 1.27. The van der Waals surface area contributed by atoms with E-state index in [2.05, 4.69) is 10.3 Å². The van der Waals surface area contributed by atoms with Crippen LogP contribution in [0.1, 0.15) is 58.8 Å². The zero-order valence-corrected chi connectivity index (χ0v) is 29.3. The molecule has 11 nitrogen and oxygen atoms in total. The molecule has 2 aromatic carbocycles. The lowest BCUT2D eigenvalue weighted by Gasteiger charge is -2.43. The molecule has 50 heavy (non-hydrogen) atoms. The van der Waals surface area contributed by atoms with Gasteiger partial charge in [0.15, 0.2) is 0 Å². The van der Waals surface area contributed by atoms with Crippen molar-refractivity contribution in [3.8, 4) is 0 Å². The van der Waals surface area contributed by atoms with Gasteiger partial charge in [0, 0.05) is 42.2 Å². The van der Waals surface area contributed by atoms with Gasteiger partial charge in [0.05, 0.1) is 18.0 Å². The zero-order valence-electron chi connectivity index (χ0n) is 27.6. The molecule has 4 heterocycles. The molecule has 3 atom stereocenters. The molecule has 1 unspecified atom stereocenters. The van der Waals surface area contributed by atoms with E-state index in [9.17, 15) is 37.5 Å². The molecule has 0 radical (unpaired) electrons. The molecule has 1 saturated heterocycles. The Bertz CT molecular complexity index is 1980. The number of thiophene rings is 1. The molecule has 1 fully saturated rings. The standard InChI is InChI=1S/C35H37F2N4O7PS/c1-34(2,3)30(39-31(42)29-18-24-16-25(8-9-28(24)50-29)35(36,37)49(45,46)47)33(44)41-19-23-7-5-4-6-22(23)17-26(41)32(43)40-14-15-48-27(20-40)21-10-12-38-13-11-21/h4-13,16,18,26-27,30H,14-15,17,19-20H2,1-3H3,(H,39,42)(H2,45,46,47)/t26-,27?,30+/m0/s1. The average molecular weight is 727 g/mol. The van der Waals surface area contributed by atoms with Gasteiger partial charge in [0.1, 0.15) is 18.2 Å². The minimum atomic E-state index is -5.79. The smallest absolute Gasteiger partial charge is 0.370 e. The fourth-order valence-electron chi connectivity index (χ4n) is 6.34. The Morgan fingerprint density at radius 2 is 1.74 bits per heavy atom. The summed E-state index contributed by atoms with van der Waals surface area (Å²) in [6, 6.07) is 13.9. The SMILES string of the molecule is CC(C)(C)[C@H](NC(=O)c1cc2cc(C(F)(F)P(=O)(O)O)ccc2s1)C(=O)N1Cc2ccccc2C[C@H]1C(=O)N1CCOC(c2ccncc2)C1. The minimum Gasteiger partial charge on any atom is -0.370 e. The molecule has 6 rings (SSSR count). The Morgan fingerprint density at radius 1 is 1.04 bits per heavy atom. The van der Waals surface area contributed by atoms with Crippen LogP contribution < -0.4 is 5.32 Å². The maximum absolute atomic E-state index is 14.6. The first-order valence-electron chi connectivity index (χ1n) is 16.0. The number of fused-ring (bicyclic) bond motifs is 2. The maximum Gasteiger partial charge on any atom is 0.399 e. The summed E-state index contributed by atoms with van der Waals surface area (Å²) in [5.41, 5.74) is -3.34. The molecule has 2 aromatic heterocycles. The number of hydrogen-bond donors (Lipinski definition) is 3. The molecule has 0 saturated carbocycles. The van der Waals surface area contributed by atoms with Crippen molar-refractivity contribution in [2.24, 2.45) is 5.41 Å². The van der Waals surface area contributed by atoms with Gasteiger partial charge in [-0.1, -0.05) is 51.1 Å². The second-order valence-corrected chi connectivity index (χ2v) is 16.3. The lowest BCUT2D eigenvalue weighted by Crippen LogP contribution is -2.61. The molecule has 3 amide bonds. The van der Waals surface area contributed by atoms with Crippen molar-refractivity contribution < 1.29 is 42.3 Å². The highest BCUT2D eigenvalue weighted by atomic mass is 32.1. The summed E-state index contributed by atoms with van der Waals surface area (Å²) in [4.78, 5) is 68.4. The topological polar surface area (TPSA) is 149 Å². The van der Waals surface area contributed by atoms with Gasteiger partial charge in [-0.3, -0.25) is 23.9 Å². The van der Waals surface area contributed by atoms with Crippen LogP contribution in [0.4, 0.5) is 8.78 Å². The highest BCUT2D eigenvalue weighted by Gasteiger charge is 2.50. The lowest BCUT2D eigenvalue weighted by molar-refractivity contribution is -0.153. The largest absolute Gasteiger partial charge is 0.399 e. The van der Waals surface area contributed by atoms with Gasteiger partial charge in [-0.2, -0.15) is 8.78 Å². The van der Waals surface area contributed by atoms with Crippen molar-refractivity contribution in [3.05, 3.63) is 100 Å². The van der Waals surface area contributed by atoms with Crippen LogP contribution in [0.5, 0.6) is 0 Å². The summed E-state index contributed by atoms with van der Waals surface area (Å²) in [5, 5.41) is 3.04. The van der Waals surface area contributed by atoms with Gasteiger partial charge >= 0.3 is 13.3 Å². The summed E-state index contributed by atoms with van der Waals surface area (Å²) in [6.07, 6.45) is 3.28. The van der Waals surface area contributed by atoms with Gasteiger partial charge in [-0.05, 0) is 57.8 Å². The summed E-state index contributed by atoms with van der Waals surface area (Å²) in [5.74, 6) is -1.29. The lowest BCUT2D eigenvalue weighted by atomic mass is 9.84. The third-order valence-electron chi connectivity index (χ3n) is 9.11. The van der Waals surface area contributed by atoms with Crippen molar-refractivity contribution in [1.29, 1.82) is 0 Å². The van der Waals surface area contributed by atoms with Crippen molar-refractivity contribution in [3.63, 3.8) is 0 Å². The normalized spacial score (nSPS) is 19.2. The first-order valence-corrected chi connectivity index (χ1v) is 18.4. The zero-order chi connectivity index (χ0) is 36.0. The second-order valence-electron chi connectivity index (χ2n) is 13.6. The van der Waals surface area contributed by atoms with Crippen LogP contribution in [0.2, 0.25) is 0 Å². The molecule has 2 aliphatic heterocycles. The van der Waals surface area contributed by atoms with E-state index in [0.717, 1.165) is 40.2 Å². The number of carbonyl (C=O) groups is 3. The molecule has 0 aliphatic carbocycles. The van der Waals surface area contributed by atoms with Gasteiger partial charge in [0.2, 0.25) is 11.8 Å². The number of alkyl halides is 2. The number of aromatic nitrogens is 1. The number of nitrogens with zero attached hydrogens (tertiary/aromatic N) is 3. The number of ether oxygens (including phenoxy) is 1. The first kappa shape index (κ1) is 35.7. The van der Waals surface area contributed by atoms with E-state index >= 15 is 0 Å². The fraction of sp³-hybridized carbons (Fsp3) is 0.371. The predicted molar refractivity (Wildman–Crippen MR) is 182 cm³/mol. The van der Waals surface area contributed by atoms with Crippen molar-refractivity contribution in [1.82, 2.24) is 20.1 Å². The van der Waals surface area contributed by atoms with Gasteiger partial charge in [0.25, 0.3) is 5.91 Å². The fourth-order valence-corrected chi connectivity index (χ4v) is 7.76. The van der Waals surface area contributed by atoms with E-state index in [1.165, 1.54) is 12.1 Å². The van der Waals surface area contributed by atoms with E-state index in [1.807, 2.05) is 36.4 Å². The molecule has 3 N–H and O–H groups in total. The van der Waals surface area contributed by atoms with E-state index in [1.54, 1.807) is 43.0 Å². The van der Waals surface area contributed by atoms with Crippen LogP contribution >= 0.6 is 18.9 Å². The average Bonchev–Trinajstić information content (AvgIpc) is 3.53. The molecular formula is C35H37F2N4O7PS. The third-order valence-corrected chi connectivity index (χ3v) is 11.2. The van der Waals surface area contributed by atoms with Crippen LogP contribution in [0.3, 0.4) is 0 Å². The molecule has 4 aromatic rings. The predicted octanol–water partition coefficient (Wildman–Crippen LogP) is 5.22. The van der Waals surface area contributed by atoms with Crippen molar-refractivity contribution >= 4 is 46.7 Å². The van der Waals surface area contributed by atoms with Gasteiger partial charge < -0.3 is 29.6 Å². The maximum atomic E-state index is 14.6. The van der Waals surface area contributed by atoms with Gasteiger partial charge in [-0.15, -0.1) is 11.3 Å². The number of rotatable bonds is 7. The molecule has 2 aliphatic rings. The van der Waals surface area contributed by atoms with Crippen molar-refractivity contribution in [2.75, 3.05) is 19.7 Å². The first-order chi connectivity index (χ1) is 23.5. The molecule has 264 valence electrons. The minimum absolute atomic E-state index is 0.116. The molecule has 0 spiro atoms. The summed E-state index contributed by atoms with van der Waals surface area (Å²) >= 11 is 0.993. The third kappa shape index (κ3) is 7.08. The number of benzene rings is 2. The van der Waals surface area contributed by atoms with Crippen LogP contribution in [0.25, 0.3) is 10.1 Å². The molecule has 0 bridgehead atoms. The highest BCUT2D eigenvalue weighted by molar-refractivity contribution is 7.52. The number of nitrogens with one attached hydrogen (secondary N) is 1. The van der Waals surface area contributed by atoms with E-state index in [0.29, 0.717) is 30.8 Å². The Morgan fingerprint density at radius 3 is 2.42 bits per heavy atom. The Kier molecular flexibility index (Phi) is 9.70. The monoisotopic (exact) mass is 726 g/mol. The second kappa shape index (κ2) is 13.6. The van der Waals surface area contributed by atoms with Crippen LogP contribution in [-0.4, -0.2) is 74.1 Å². The number of amides is 3. The summed E-state index contributed by atoms with van der Waals surface area (Å²) < 4.78 is 46.6. The van der Waals surface area contributed by atoms with E-state index < -0.39 is 48.1 Å². The van der Waals surface area contributed by atoms with Crippen molar-refractivity contribution in [2.45, 2.75) is 57.6 Å². The number of hydrogen-bond acceptors (Lipinski definition) is 7. The summed E-state index contributed by atoms with van der Waals surface area (Å²) in [7, 11) is -5.79. The van der Waals surface area contributed by atoms with Crippen LogP contribution in [-0.2, 0) is 37.5 Å². The van der Waals surface area contributed by atoms with E-state index in [-0.39, 0.29) is 28.8 Å². The quantitative estimate of drug-likeness (QED) is 0.220. The molecule has 15 heteroatoms. The highest BCUT2D eigenvalue weighted by Crippen LogP contribution is 2.59. The van der Waals surface area contributed by atoms with Crippen LogP contribution in [0.15, 0.2) is 73.1 Å². The number of halogens is 2. The Labute approximate surface area is 291 Å². The van der Waals surface area contributed by atoms with Gasteiger partial charge in [-0.25, -0.2) is 0 Å². The molecular weight excluding hydrogens is 689 g/mol. The number of pyridine rings is 1. The number of carbonyl (C=O) groups excluding carboxylic acids is 3.